The number of nitrogens with zero attached hydrogens (tertiary/aromatic N) is 1. The van der Waals surface area contributed by atoms with E-state index < -0.39 is 51.5 Å². The van der Waals surface area contributed by atoms with Crippen LogP contribution in [-0.4, -0.2) is 56.7 Å². The number of benzene rings is 2. The molecule has 1 saturated heterocycles. The van der Waals surface area contributed by atoms with Gasteiger partial charge < -0.3 is 14.0 Å². The Bertz CT molecular complexity index is 1210. The first-order valence-corrected chi connectivity index (χ1v) is 14.8. The fraction of sp³-hybridized carbons (Fsp3) is 0.552. The second kappa shape index (κ2) is 11.3. The highest BCUT2D eigenvalue weighted by Crippen LogP contribution is 2.49. The normalized spacial score (nSPS) is 19.5. The van der Waals surface area contributed by atoms with E-state index in [-0.39, 0.29) is 0 Å². The van der Waals surface area contributed by atoms with Gasteiger partial charge in [-0.05, 0) is 72.4 Å². The second-order valence-electron chi connectivity index (χ2n) is 12.3. The van der Waals surface area contributed by atoms with Crippen LogP contribution in [0.5, 0.6) is 0 Å². The Hall–Kier alpha value is -2.24. The molecule has 0 unspecified atom stereocenters. The van der Waals surface area contributed by atoms with Crippen LogP contribution in [0.1, 0.15) is 66.0 Å². The zero-order valence-corrected chi connectivity index (χ0v) is 25.5. The van der Waals surface area contributed by atoms with E-state index in [0.29, 0.717) is 18.4 Å². The number of rotatable bonds is 10. The van der Waals surface area contributed by atoms with Crippen LogP contribution >= 0.6 is 0 Å². The fourth-order valence-electron chi connectivity index (χ4n) is 4.59. The molecule has 1 N–H and O–H groups in total. The molecule has 0 radical (unpaired) electrons. The molecule has 2 aromatic carbocycles. The molecule has 214 valence electrons. The van der Waals surface area contributed by atoms with Crippen LogP contribution in [0.2, 0.25) is 5.82 Å². The van der Waals surface area contributed by atoms with E-state index in [4.69, 9.17) is 14.0 Å². The quantitative estimate of drug-likeness (QED) is 0.335. The summed E-state index contributed by atoms with van der Waals surface area (Å²) in [6, 6.07) is 18.7. The number of ether oxygens (including phenoxy) is 1. The van der Waals surface area contributed by atoms with E-state index in [1.165, 1.54) is 14.1 Å². The molecule has 0 spiro atoms. The SMILES string of the molecule is CN(C)S(=O)(=O)N[C@](C(=O)OC(C)(C)C)(c1ccccc1)[C@@H](CCc1ccccc1)B1OC(C)(C)C(C)(C)O1. The van der Waals surface area contributed by atoms with Gasteiger partial charge in [0.05, 0.1) is 11.2 Å². The largest absolute Gasteiger partial charge is 0.464 e. The Morgan fingerprint density at radius 1 is 0.949 bits per heavy atom. The Balaban J connectivity index is 2.30. The van der Waals surface area contributed by atoms with Crippen LogP contribution in [0.15, 0.2) is 60.7 Å². The smallest absolute Gasteiger partial charge is 0.458 e. The number of carbonyl (C=O) groups excluding carboxylic acids is 1. The number of esters is 1. The van der Waals surface area contributed by atoms with Crippen molar-refractivity contribution in [1.82, 2.24) is 9.03 Å². The van der Waals surface area contributed by atoms with Crippen molar-refractivity contribution in [1.29, 1.82) is 0 Å². The van der Waals surface area contributed by atoms with Gasteiger partial charge in [-0.15, -0.1) is 0 Å². The lowest BCUT2D eigenvalue weighted by molar-refractivity contribution is -0.163. The van der Waals surface area contributed by atoms with Crippen LogP contribution in [0.3, 0.4) is 0 Å². The molecular formula is C29H43BN2O6S. The van der Waals surface area contributed by atoms with E-state index in [0.717, 1.165) is 9.87 Å². The number of nitrogens with one attached hydrogen (secondary N) is 1. The van der Waals surface area contributed by atoms with Gasteiger partial charge in [-0.3, -0.25) is 0 Å². The topological polar surface area (TPSA) is 94.2 Å². The summed E-state index contributed by atoms with van der Waals surface area (Å²) in [5.74, 6) is -1.52. The van der Waals surface area contributed by atoms with Crippen molar-refractivity contribution in [2.75, 3.05) is 14.1 Å². The summed E-state index contributed by atoms with van der Waals surface area (Å²) in [7, 11) is -2.23. The Morgan fingerprint density at radius 3 is 1.90 bits per heavy atom. The fourth-order valence-corrected chi connectivity index (χ4v) is 5.53. The molecule has 3 rings (SSSR count). The van der Waals surface area contributed by atoms with Gasteiger partial charge in [0.25, 0.3) is 10.2 Å². The third-order valence-electron chi connectivity index (χ3n) is 7.46. The number of hydrogen-bond donors (Lipinski definition) is 1. The molecule has 2 aromatic rings. The van der Waals surface area contributed by atoms with Crippen molar-refractivity contribution in [3.8, 4) is 0 Å². The zero-order chi connectivity index (χ0) is 29.3. The predicted molar refractivity (Wildman–Crippen MR) is 154 cm³/mol. The third-order valence-corrected chi connectivity index (χ3v) is 9.01. The summed E-state index contributed by atoms with van der Waals surface area (Å²) in [6.07, 6.45) is 0.918. The van der Waals surface area contributed by atoms with Gasteiger partial charge in [-0.25, -0.2) is 4.79 Å². The van der Waals surface area contributed by atoms with Crippen molar-refractivity contribution < 1.29 is 27.3 Å². The minimum absolute atomic E-state index is 0.366. The lowest BCUT2D eigenvalue weighted by atomic mass is 9.57. The maximum absolute atomic E-state index is 14.4. The van der Waals surface area contributed by atoms with Crippen LogP contribution < -0.4 is 4.72 Å². The molecule has 10 heteroatoms. The van der Waals surface area contributed by atoms with Crippen molar-refractivity contribution in [3.05, 3.63) is 71.8 Å². The van der Waals surface area contributed by atoms with Crippen molar-refractivity contribution in [2.24, 2.45) is 0 Å². The molecule has 0 bridgehead atoms. The predicted octanol–water partition coefficient (Wildman–Crippen LogP) is 4.71. The first-order chi connectivity index (χ1) is 17.9. The third kappa shape index (κ3) is 6.92. The Kier molecular flexibility index (Phi) is 9.09. The van der Waals surface area contributed by atoms with E-state index in [1.807, 2.05) is 64.1 Å². The summed E-state index contributed by atoms with van der Waals surface area (Å²) in [6.45, 7) is 13.0. The van der Waals surface area contributed by atoms with Gasteiger partial charge in [0.2, 0.25) is 0 Å². The van der Waals surface area contributed by atoms with Crippen molar-refractivity contribution >= 4 is 23.3 Å². The van der Waals surface area contributed by atoms with Crippen LogP contribution in [-0.2, 0) is 41.0 Å². The summed E-state index contributed by atoms with van der Waals surface area (Å²) in [5, 5.41) is 0. The maximum atomic E-state index is 14.4. The molecule has 0 amide bonds. The van der Waals surface area contributed by atoms with E-state index in [1.54, 1.807) is 45.0 Å². The van der Waals surface area contributed by atoms with E-state index in [9.17, 15) is 13.2 Å². The van der Waals surface area contributed by atoms with Crippen LogP contribution in [0.25, 0.3) is 0 Å². The van der Waals surface area contributed by atoms with E-state index >= 15 is 0 Å². The molecule has 2 atom stereocenters. The molecule has 0 aliphatic carbocycles. The van der Waals surface area contributed by atoms with Gasteiger partial charge in [-0.1, -0.05) is 60.7 Å². The van der Waals surface area contributed by atoms with Gasteiger partial charge in [-0.2, -0.15) is 17.4 Å². The highest BCUT2D eigenvalue weighted by atomic mass is 32.2. The first-order valence-electron chi connectivity index (χ1n) is 13.3. The van der Waals surface area contributed by atoms with Crippen LogP contribution in [0.4, 0.5) is 0 Å². The van der Waals surface area contributed by atoms with Gasteiger partial charge in [0, 0.05) is 19.9 Å². The maximum Gasteiger partial charge on any atom is 0.464 e. The van der Waals surface area contributed by atoms with Gasteiger partial charge >= 0.3 is 13.1 Å². The summed E-state index contributed by atoms with van der Waals surface area (Å²) in [4.78, 5) is 14.4. The molecule has 1 aliphatic rings. The average molecular weight is 559 g/mol. The Labute approximate surface area is 234 Å². The monoisotopic (exact) mass is 558 g/mol. The molecule has 39 heavy (non-hydrogen) atoms. The lowest BCUT2D eigenvalue weighted by Gasteiger charge is -2.42. The van der Waals surface area contributed by atoms with Crippen LogP contribution in [0, 0.1) is 0 Å². The molecule has 8 nitrogen and oxygen atoms in total. The first kappa shape index (κ1) is 31.3. The minimum Gasteiger partial charge on any atom is -0.458 e. The molecule has 1 fully saturated rings. The summed E-state index contributed by atoms with van der Waals surface area (Å²) in [5.41, 5.74) is -2.69. The average Bonchev–Trinajstić information content (AvgIpc) is 3.04. The standard InChI is InChI=1S/C29H43BN2O6S/c1-26(2,3)36-25(33)29(23-18-14-11-15-19-23,31-39(34,35)32(8)9)24(21-20-22-16-12-10-13-17-22)30-37-27(4,5)28(6,7)38-30/h10-19,24,31H,20-21H2,1-9H3/t24-,29-/m1/s1. The number of carbonyl (C=O) groups is 1. The lowest BCUT2D eigenvalue weighted by Crippen LogP contribution is -2.61. The van der Waals surface area contributed by atoms with Gasteiger partial charge in [0.1, 0.15) is 5.60 Å². The molecular weight excluding hydrogens is 515 g/mol. The van der Waals surface area contributed by atoms with Crippen molar-refractivity contribution in [2.45, 2.75) is 89.5 Å². The minimum atomic E-state index is -4.15. The summed E-state index contributed by atoms with van der Waals surface area (Å²) >= 11 is 0. The second-order valence-corrected chi connectivity index (χ2v) is 14.2. The summed E-state index contributed by atoms with van der Waals surface area (Å²) < 4.78 is 50.0. The number of hydrogen-bond acceptors (Lipinski definition) is 6. The molecule has 0 saturated carbocycles. The number of aryl methyl sites for hydroxylation is 1. The van der Waals surface area contributed by atoms with E-state index in [2.05, 4.69) is 4.72 Å². The Morgan fingerprint density at radius 2 is 1.44 bits per heavy atom. The van der Waals surface area contributed by atoms with Gasteiger partial charge in [0.15, 0.2) is 5.54 Å². The molecule has 1 heterocycles. The highest BCUT2D eigenvalue weighted by molar-refractivity contribution is 7.87. The molecule has 1 aliphatic heterocycles. The van der Waals surface area contributed by atoms with Crippen molar-refractivity contribution in [3.63, 3.8) is 0 Å². The molecule has 0 aromatic heterocycles. The highest BCUT2D eigenvalue weighted by Gasteiger charge is 2.63. The zero-order valence-electron chi connectivity index (χ0n) is 24.6.